The van der Waals surface area contributed by atoms with Crippen LogP contribution in [-0.2, 0) is 19.3 Å². The van der Waals surface area contributed by atoms with Crippen molar-refractivity contribution in [3.63, 3.8) is 0 Å². The lowest BCUT2D eigenvalue weighted by Gasteiger charge is -2.28. The maximum absolute atomic E-state index is 13.6. The number of hydroxylamine groups is 1. The predicted octanol–water partition coefficient (Wildman–Crippen LogP) is 5.68. The van der Waals surface area contributed by atoms with Crippen LogP contribution in [0.1, 0.15) is 69.7 Å². The van der Waals surface area contributed by atoms with E-state index in [1.54, 1.807) is 11.3 Å². The Morgan fingerprint density at radius 1 is 1.26 bits per heavy atom. The van der Waals surface area contributed by atoms with Gasteiger partial charge in [-0.2, -0.15) is 0 Å². The molecule has 2 aliphatic carbocycles. The van der Waals surface area contributed by atoms with Gasteiger partial charge in [-0.05, 0) is 70.9 Å². The lowest BCUT2D eigenvalue weighted by molar-refractivity contribution is 0.109. The number of nitrogens with one attached hydrogen (secondary N) is 2. The number of anilines is 1. The number of carbonyl (C=O) groups is 1. The summed E-state index contributed by atoms with van der Waals surface area (Å²) in [5.41, 5.74) is 1.73. The minimum absolute atomic E-state index is 0.0615. The Labute approximate surface area is 211 Å². The molecule has 1 unspecified atom stereocenters. The number of amides is 1. The molecule has 0 bridgehead atoms. The van der Waals surface area contributed by atoms with Crippen LogP contribution in [0.2, 0.25) is 0 Å². The zero-order valence-electron chi connectivity index (χ0n) is 20.3. The molecule has 1 aliphatic heterocycles. The average Bonchev–Trinajstić information content (AvgIpc) is 3.35. The maximum atomic E-state index is 13.6. The number of rotatable bonds is 7. The molecule has 2 N–H and O–H groups in total. The predicted molar refractivity (Wildman–Crippen MR) is 137 cm³/mol. The molecule has 2 saturated carbocycles. The Balaban J connectivity index is 1.32. The topological polar surface area (TPSA) is 105 Å². The Bertz CT molecular complexity index is 1160. The molecule has 1 amide bonds. The van der Waals surface area contributed by atoms with E-state index in [9.17, 15) is 9.00 Å². The van der Waals surface area contributed by atoms with Crippen LogP contribution in [-0.4, -0.2) is 45.8 Å². The maximum Gasteiger partial charge on any atom is 0.407 e. The SMILES string of the molecule is CC(C)OC(=O)N[C@H]1CC[C@H](c2ncc(-c3ccc(N4CCCO4)cc3S(=N)(=O)C3CC3)s2)CC1. The van der Waals surface area contributed by atoms with Crippen LogP contribution in [0, 0.1) is 4.78 Å². The van der Waals surface area contributed by atoms with Gasteiger partial charge in [-0.25, -0.2) is 18.8 Å². The summed E-state index contributed by atoms with van der Waals surface area (Å²) < 4.78 is 27.5. The molecule has 1 atom stereocenters. The van der Waals surface area contributed by atoms with Crippen molar-refractivity contribution in [1.82, 2.24) is 10.3 Å². The molecule has 1 aromatic carbocycles. The fraction of sp³-hybridized carbons (Fsp3) is 0.600. The summed E-state index contributed by atoms with van der Waals surface area (Å²) in [6.07, 6.45) is 7.76. The highest BCUT2D eigenvalue weighted by Crippen LogP contribution is 2.43. The lowest BCUT2D eigenvalue weighted by Crippen LogP contribution is -2.38. The monoisotopic (exact) mass is 518 g/mol. The van der Waals surface area contributed by atoms with Gasteiger partial charge in [-0.15, -0.1) is 11.3 Å². The van der Waals surface area contributed by atoms with Crippen LogP contribution in [0.25, 0.3) is 10.4 Å². The molecule has 1 aromatic heterocycles. The van der Waals surface area contributed by atoms with E-state index in [4.69, 9.17) is 19.3 Å². The van der Waals surface area contributed by atoms with Gasteiger partial charge >= 0.3 is 6.09 Å². The van der Waals surface area contributed by atoms with E-state index in [0.29, 0.717) is 17.4 Å². The van der Waals surface area contributed by atoms with E-state index in [-0.39, 0.29) is 23.5 Å². The molecule has 2 aromatic rings. The number of carbonyl (C=O) groups excluding carboxylic acids is 1. The van der Waals surface area contributed by atoms with E-state index in [0.717, 1.165) is 72.6 Å². The summed E-state index contributed by atoms with van der Waals surface area (Å²) in [4.78, 5) is 23.9. The molecular weight excluding hydrogens is 484 g/mol. The van der Waals surface area contributed by atoms with Crippen molar-refractivity contribution in [2.75, 3.05) is 18.2 Å². The van der Waals surface area contributed by atoms with Gasteiger partial charge in [0.15, 0.2) is 0 Å². The van der Waals surface area contributed by atoms with Crippen molar-refractivity contribution >= 4 is 32.8 Å². The molecule has 2 heterocycles. The van der Waals surface area contributed by atoms with Crippen LogP contribution in [0.4, 0.5) is 10.5 Å². The molecule has 35 heavy (non-hydrogen) atoms. The van der Waals surface area contributed by atoms with Crippen molar-refractivity contribution in [2.45, 2.75) is 87.0 Å². The standard InChI is InChI=1S/C25H34N4O4S2/c1-16(2)33-25(30)28-18-6-4-17(5-7-18)24-27-15-22(34-24)21-11-8-19(29-12-3-13-32-29)14-23(21)35(26,31)20-9-10-20/h8,11,14-18,20,26H,3-7,9-10,12-13H2,1-2H3,(H,28,30)/t17-,18-,35?. The Hall–Kier alpha value is -2.17. The van der Waals surface area contributed by atoms with E-state index >= 15 is 0 Å². The minimum atomic E-state index is -2.90. The van der Waals surface area contributed by atoms with Gasteiger partial charge in [0.05, 0.1) is 42.9 Å². The van der Waals surface area contributed by atoms with Crippen LogP contribution < -0.4 is 10.4 Å². The highest BCUT2D eigenvalue weighted by molar-refractivity contribution is 7.93. The fourth-order valence-corrected chi connectivity index (χ4v) is 8.00. The zero-order chi connectivity index (χ0) is 24.6. The lowest BCUT2D eigenvalue weighted by atomic mass is 9.86. The van der Waals surface area contributed by atoms with Crippen molar-refractivity contribution in [3.05, 3.63) is 29.4 Å². The molecule has 3 fully saturated rings. The van der Waals surface area contributed by atoms with Crippen molar-refractivity contribution in [2.24, 2.45) is 0 Å². The number of hydrogen-bond donors (Lipinski definition) is 2. The first-order valence-corrected chi connectivity index (χ1v) is 15.0. The highest BCUT2D eigenvalue weighted by atomic mass is 32.2. The van der Waals surface area contributed by atoms with Crippen molar-refractivity contribution in [3.8, 4) is 10.4 Å². The molecule has 0 spiro atoms. The van der Waals surface area contributed by atoms with Gasteiger partial charge in [0.25, 0.3) is 0 Å². The van der Waals surface area contributed by atoms with Gasteiger partial charge in [-0.3, -0.25) is 9.90 Å². The number of thiazole rings is 1. The quantitative estimate of drug-likeness (QED) is 0.489. The molecule has 0 radical (unpaired) electrons. The van der Waals surface area contributed by atoms with Gasteiger partial charge in [0.1, 0.15) is 0 Å². The van der Waals surface area contributed by atoms with Crippen LogP contribution in [0.3, 0.4) is 0 Å². The molecular formula is C25H34N4O4S2. The van der Waals surface area contributed by atoms with Gasteiger partial charge in [0.2, 0.25) is 0 Å². The van der Waals surface area contributed by atoms with Crippen molar-refractivity contribution in [1.29, 1.82) is 4.78 Å². The average molecular weight is 519 g/mol. The first-order chi connectivity index (χ1) is 16.8. The summed E-state index contributed by atoms with van der Waals surface area (Å²) in [5, 5.41) is 5.83. The number of aromatic nitrogens is 1. The summed E-state index contributed by atoms with van der Waals surface area (Å²) in [6, 6.07) is 6.02. The van der Waals surface area contributed by atoms with Gasteiger partial charge in [0, 0.05) is 35.5 Å². The smallest absolute Gasteiger partial charge is 0.407 e. The van der Waals surface area contributed by atoms with Gasteiger partial charge in [-0.1, -0.05) is 6.07 Å². The first kappa shape index (κ1) is 24.5. The number of ether oxygens (including phenoxy) is 1. The van der Waals surface area contributed by atoms with E-state index in [1.165, 1.54) is 0 Å². The number of nitrogens with zero attached hydrogens (tertiary/aromatic N) is 2. The second-order valence-corrected chi connectivity index (χ2v) is 13.3. The second kappa shape index (κ2) is 10.1. The Kier molecular flexibility index (Phi) is 7.05. The first-order valence-electron chi connectivity index (χ1n) is 12.6. The second-order valence-electron chi connectivity index (χ2n) is 9.98. The normalized spacial score (nSPS) is 24.4. The van der Waals surface area contributed by atoms with Crippen LogP contribution in [0.15, 0.2) is 29.3 Å². The summed E-state index contributed by atoms with van der Waals surface area (Å²) >= 11 is 1.64. The number of benzene rings is 1. The third-order valence-electron chi connectivity index (χ3n) is 6.86. The Morgan fingerprint density at radius 3 is 2.69 bits per heavy atom. The fourth-order valence-electron chi connectivity index (χ4n) is 4.85. The van der Waals surface area contributed by atoms with Crippen LogP contribution in [0.5, 0.6) is 0 Å². The summed E-state index contributed by atoms with van der Waals surface area (Å²) in [7, 11) is -2.90. The molecule has 3 aliphatic rings. The van der Waals surface area contributed by atoms with Crippen molar-refractivity contribution < 1.29 is 18.6 Å². The van der Waals surface area contributed by atoms with E-state index in [1.807, 2.05) is 43.3 Å². The summed E-state index contributed by atoms with van der Waals surface area (Å²) in [5.74, 6) is 0.345. The van der Waals surface area contributed by atoms with E-state index < -0.39 is 9.73 Å². The zero-order valence-corrected chi connectivity index (χ0v) is 22.0. The minimum Gasteiger partial charge on any atom is -0.447 e. The molecule has 1 saturated heterocycles. The number of hydrogen-bond acceptors (Lipinski definition) is 8. The molecule has 8 nitrogen and oxygen atoms in total. The number of alkyl carbamates (subject to hydrolysis) is 1. The van der Waals surface area contributed by atoms with Gasteiger partial charge < -0.3 is 10.1 Å². The molecule has 10 heteroatoms. The largest absolute Gasteiger partial charge is 0.447 e. The third kappa shape index (κ3) is 5.49. The Morgan fingerprint density at radius 2 is 2.03 bits per heavy atom. The van der Waals surface area contributed by atoms with E-state index in [2.05, 4.69) is 5.32 Å². The third-order valence-corrected chi connectivity index (χ3v) is 10.5. The molecule has 190 valence electrons. The highest BCUT2D eigenvalue weighted by Gasteiger charge is 2.36. The molecule has 5 rings (SSSR count). The van der Waals surface area contributed by atoms with Crippen LogP contribution >= 0.6 is 11.3 Å². The summed E-state index contributed by atoms with van der Waals surface area (Å²) in [6.45, 7) is 5.18.